The van der Waals surface area contributed by atoms with E-state index in [1.165, 1.54) is 77.0 Å². The van der Waals surface area contributed by atoms with Crippen LogP contribution in [0.15, 0.2) is 48.6 Å². The summed E-state index contributed by atoms with van der Waals surface area (Å²) in [7, 11) is 0. The van der Waals surface area contributed by atoms with E-state index in [0.29, 0.717) is 12.8 Å². The smallest absolute Gasteiger partial charge is 0.306 e. The summed E-state index contributed by atoms with van der Waals surface area (Å²) in [5.74, 6) is -0.930. The van der Waals surface area contributed by atoms with Crippen LogP contribution >= 0.6 is 0 Å². The third kappa shape index (κ3) is 29.2. The van der Waals surface area contributed by atoms with Crippen molar-refractivity contribution in [1.29, 1.82) is 0 Å². The quantitative estimate of drug-likeness (QED) is 0.0173. The van der Waals surface area contributed by atoms with Crippen LogP contribution in [-0.2, 0) is 38.0 Å². The lowest BCUT2D eigenvalue weighted by molar-refractivity contribution is -0.332. The number of rotatable bonds is 42. The zero-order chi connectivity index (χ0) is 51.0. The molecule has 2 rings (SSSR count). The number of ether oxygens (including phenoxy) is 6. The molecule has 0 bridgehead atoms. The molecule has 0 aromatic heterocycles. The summed E-state index contributed by atoms with van der Waals surface area (Å²) in [6, 6.07) is 0. The van der Waals surface area contributed by atoms with E-state index in [0.717, 1.165) is 77.0 Å². The lowest BCUT2D eigenvalue weighted by Crippen LogP contribution is -2.61. The van der Waals surface area contributed by atoms with Gasteiger partial charge < -0.3 is 64.2 Å². The van der Waals surface area contributed by atoms with Gasteiger partial charge in [-0.2, -0.15) is 0 Å². The van der Waals surface area contributed by atoms with Crippen LogP contribution in [-0.4, -0.2) is 142 Å². The van der Waals surface area contributed by atoms with Crippen molar-refractivity contribution in [3.8, 4) is 0 Å². The minimum absolute atomic E-state index is 0.156. The minimum Gasteiger partial charge on any atom is -0.462 e. The summed E-state index contributed by atoms with van der Waals surface area (Å²) in [6.07, 6.45) is 29.9. The fourth-order valence-corrected chi connectivity index (χ4v) is 8.38. The Morgan fingerprint density at radius 2 is 0.900 bits per heavy atom. The van der Waals surface area contributed by atoms with Gasteiger partial charge in [0, 0.05) is 12.8 Å². The molecule has 2 aliphatic rings. The van der Waals surface area contributed by atoms with Crippen LogP contribution in [0.4, 0.5) is 0 Å². The van der Waals surface area contributed by atoms with Crippen molar-refractivity contribution in [3.05, 3.63) is 48.6 Å². The molecule has 0 aromatic carbocycles. The maximum Gasteiger partial charge on any atom is 0.306 e. The summed E-state index contributed by atoms with van der Waals surface area (Å²) in [6.45, 7) is 2.48. The number of esters is 2. The fourth-order valence-electron chi connectivity index (χ4n) is 8.38. The van der Waals surface area contributed by atoms with Gasteiger partial charge in [0.05, 0.1) is 19.8 Å². The Morgan fingerprint density at radius 1 is 0.471 bits per heavy atom. The summed E-state index contributed by atoms with van der Waals surface area (Å²) < 4.78 is 33.6. The third-order valence-electron chi connectivity index (χ3n) is 12.8. The molecule has 70 heavy (non-hydrogen) atoms. The molecule has 2 saturated heterocycles. The monoisotopic (exact) mass is 997 g/mol. The topological polar surface area (TPSA) is 231 Å². The highest BCUT2D eigenvalue weighted by atomic mass is 16.7. The molecule has 0 spiro atoms. The Kier molecular flexibility index (Phi) is 38.0. The average molecular weight is 997 g/mol. The van der Waals surface area contributed by atoms with Crippen LogP contribution in [0, 0.1) is 0 Å². The highest BCUT2D eigenvalue weighted by Crippen LogP contribution is 2.26. The second kappa shape index (κ2) is 41.9. The number of hydrogen-bond donors (Lipinski definition) is 7. The van der Waals surface area contributed by atoms with Gasteiger partial charge in [-0.25, -0.2) is 0 Å². The van der Waals surface area contributed by atoms with Gasteiger partial charge in [0.15, 0.2) is 18.7 Å². The molecule has 0 aliphatic carbocycles. The predicted molar refractivity (Wildman–Crippen MR) is 270 cm³/mol. The van der Waals surface area contributed by atoms with E-state index in [2.05, 4.69) is 62.5 Å². The molecule has 2 fully saturated rings. The van der Waals surface area contributed by atoms with Crippen molar-refractivity contribution >= 4 is 11.9 Å². The van der Waals surface area contributed by atoms with Gasteiger partial charge in [0.2, 0.25) is 0 Å². The van der Waals surface area contributed by atoms with E-state index in [4.69, 9.17) is 28.4 Å². The van der Waals surface area contributed by atoms with Gasteiger partial charge in [-0.3, -0.25) is 9.59 Å². The van der Waals surface area contributed by atoms with Crippen LogP contribution < -0.4 is 0 Å². The molecule has 0 radical (unpaired) electrons. The lowest BCUT2D eigenvalue weighted by Gasteiger charge is -2.42. The second-order valence-corrected chi connectivity index (χ2v) is 19.0. The Balaban J connectivity index is 1.77. The standard InChI is InChI=1S/C55H96O15/c1-3-5-7-9-11-13-15-17-18-19-20-21-22-23-24-26-28-30-32-34-36-38-47(58)68-43(40-65-46(57)37-35-33-31-29-27-25-16-14-12-10-8-6-4-2)41-66-54-53(64)51(62)49(60)45(70-54)42-67-55-52(63)50(61)48(59)44(39-56)69-55/h5,7,11,13,17-18,20-21,43-45,48-56,59-64H,3-4,6,8-10,12,14-16,19,22-42H2,1-2H3/b7-5-,13-11-,18-17-,21-20-. The third-order valence-corrected chi connectivity index (χ3v) is 12.8. The van der Waals surface area contributed by atoms with Gasteiger partial charge in [-0.05, 0) is 51.4 Å². The first-order chi connectivity index (χ1) is 34.0. The molecule has 0 aromatic rings. The van der Waals surface area contributed by atoms with Crippen LogP contribution in [0.5, 0.6) is 0 Å². The van der Waals surface area contributed by atoms with Gasteiger partial charge in [0.1, 0.15) is 55.4 Å². The average Bonchev–Trinajstić information content (AvgIpc) is 3.35. The van der Waals surface area contributed by atoms with Crippen LogP contribution in [0.1, 0.15) is 194 Å². The number of unbranched alkanes of at least 4 members (excludes halogenated alkanes) is 20. The molecule has 15 heteroatoms. The Bertz CT molecular complexity index is 1400. The van der Waals surface area contributed by atoms with Crippen molar-refractivity contribution in [2.24, 2.45) is 0 Å². The van der Waals surface area contributed by atoms with Crippen LogP contribution in [0.25, 0.3) is 0 Å². The second-order valence-electron chi connectivity index (χ2n) is 19.0. The van der Waals surface area contributed by atoms with E-state index in [9.17, 15) is 45.3 Å². The van der Waals surface area contributed by atoms with Crippen LogP contribution in [0.2, 0.25) is 0 Å². The molecule has 7 N–H and O–H groups in total. The summed E-state index contributed by atoms with van der Waals surface area (Å²) in [5.41, 5.74) is 0. The molecular weight excluding hydrogens is 901 g/mol. The number of allylic oxidation sites excluding steroid dienone is 8. The maximum atomic E-state index is 13.0. The number of carbonyl (C=O) groups excluding carboxylic acids is 2. The van der Waals surface area contributed by atoms with Gasteiger partial charge in [0.25, 0.3) is 0 Å². The lowest BCUT2D eigenvalue weighted by atomic mass is 9.98. The van der Waals surface area contributed by atoms with E-state index in [1.807, 2.05) is 0 Å². The zero-order valence-electron chi connectivity index (χ0n) is 43.0. The normalized spacial score (nSPS) is 25.7. The summed E-state index contributed by atoms with van der Waals surface area (Å²) in [4.78, 5) is 25.8. The van der Waals surface area contributed by atoms with Crippen molar-refractivity contribution < 1.29 is 73.8 Å². The predicted octanol–water partition coefficient (Wildman–Crippen LogP) is 8.27. The molecule has 406 valence electrons. The molecular formula is C55H96O15. The molecule has 0 amide bonds. The number of carbonyl (C=O) groups is 2. The number of aliphatic hydroxyl groups excluding tert-OH is 7. The Morgan fingerprint density at radius 3 is 1.41 bits per heavy atom. The molecule has 15 nitrogen and oxygen atoms in total. The molecule has 11 atom stereocenters. The molecule has 2 aliphatic heterocycles. The van der Waals surface area contributed by atoms with E-state index < -0.39 is 92.7 Å². The maximum absolute atomic E-state index is 13.0. The van der Waals surface area contributed by atoms with E-state index in [-0.39, 0.29) is 26.1 Å². The Labute approximate surface area is 420 Å². The SMILES string of the molecule is CC/C=C\C/C=C\C/C=C\C/C=C\CCCCCCCCCCC(=O)OC(COC(=O)CCCCCCCCCCCCCCC)COC1OC(COC2OC(CO)C(O)C(O)C2O)C(O)C(O)C1O. The number of hydrogen-bond acceptors (Lipinski definition) is 15. The van der Waals surface area contributed by atoms with Gasteiger partial charge >= 0.3 is 11.9 Å². The van der Waals surface area contributed by atoms with Crippen LogP contribution in [0.3, 0.4) is 0 Å². The van der Waals surface area contributed by atoms with Gasteiger partial charge in [-0.1, -0.05) is 178 Å². The fraction of sp³-hybridized carbons (Fsp3) is 0.818. The largest absolute Gasteiger partial charge is 0.462 e. The summed E-state index contributed by atoms with van der Waals surface area (Å²) in [5, 5.41) is 72.2. The highest BCUT2D eigenvalue weighted by molar-refractivity contribution is 5.70. The van der Waals surface area contributed by atoms with Crippen molar-refractivity contribution in [2.45, 2.75) is 261 Å². The van der Waals surface area contributed by atoms with E-state index >= 15 is 0 Å². The minimum atomic E-state index is -1.77. The number of aliphatic hydroxyl groups is 7. The highest BCUT2D eigenvalue weighted by Gasteiger charge is 2.47. The molecule has 11 unspecified atom stereocenters. The van der Waals surface area contributed by atoms with Gasteiger partial charge in [-0.15, -0.1) is 0 Å². The van der Waals surface area contributed by atoms with Crippen molar-refractivity contribution in [3.63, 3.8) is 0 Å². The Hall–Kier alpha value is -2.54. The molecule has 0 saturated carbocycles. The first-order valence-electron chi connectivity index (χ1n) is 27.2. The van der Waals surface area contributed by atoms with Crippen molar-refractivity contribution in [2.75, 3.05) is 26.4 Å². The zero-order valence-corrected chi connectivity index (χ0v) is 43.0. The molecule has 2 heterocycles. The van der Waals surface area contributed by atoms with Crippen molar-refractivity contribution in [1.82, 2.24) is 0 Å². The van der Waals surface area contributed by atoms with E-state index in [1.54, 1.807) is 0 Å². The first kappa shape index (κ1) is 63.6. The first-order valence-corrected chi connectivity index (χ1v) is 27.2. The summed E-state index contributed by atoms with van der Waals surface area (Å²) >= 11 is 0.